The molecule has 2 heterocycles. The molecular weight excluding hydrogens is 565 g/mol. The maximum absolute atomic E-state index is 2.45. The lowest BCUT2D eigenvalue weighted by Gasteiger charge is -2.50. The third-order valence-corrected chi connectivity index (χ3v) is 12.9. The molecule has 1 aromatic heterocycles. The van der Waals surface area contributed by atoms with Crippen molar-refractivity contribution in [2.45, 2.75) is 19.6 Å². The molecule has 1 aliphatic heterocycles. The monoisotopic (exact) mass is 594 g/mol. The van der Waals surface area contributed by atoms with E-state index in [1.165, 1.54) is 58.4 Å². The van der Waals surface area contributed by atoms with Crippen LogP contribution in [0.15, 0.2) is 202 Å². The zero-order valence-corrected chi connectivity index (χ0v) is 25.4. The van der Waals surface area contributed by atoms with Crippen LogP contribution < -0.4 is 4.90 Å². The number of aromatic nitrogens is 1. The van der Waals surface area contributed by atoms with Crippen LogP contribution in [0.3, 0.4) is 0 Å². The van der Waals surface area contributed by atoms with Gasteiger partial charge in [0.15, 0.2) is 0 Å². The summed E-state index contributed by atoms with van der Waals surface area (Å²) in [6.07, 6.45) is 0. The fraction of sp³-hybridized carbons (Fsp3) is 0. The van der Waals surface area contributed by atoms with Gasteiger partial charge in [-0.15, -0.1) is 10.0 Å². The molecule has 0 radical (unpaired) electrons. The second-order valence-corrected chi connectivity index (χ2v) is 14.4. The quantitative estimate of drug-likeness (QED) is 0.197. The highest BCUT2D eigenvalue weighted by Crippen LogP contribution is 2.79. The second-order valence-electron chi connectivity index (χ2n) is 11.4. The molecule has 0 fully saturated rings. The second kappa shape index (κ2) is 10.3. The Kier molecular flexibility index (Phi) is 5.93. The van der Waals surface area contributed by atoms with Gasteiger partial charge in [0.1, 0.15) is 0 Å². The molecule has 7 aromatic carbocycles. The van der Waals surface area contributed by atoms with Crippen LogP contribution in [0.1, 0.15) is 0 Å². The van der Waals surface area contributed by atoms with E-state index in [1.54, 1.807) is 0 Å². The van der Waals surface area contributed by atoms with E-state index in [1.807, 2.05) is 0 Å². The lowest BCUT2D eigenvalue weighted by atomic mass is 10.2. The number of para-hydroxylation sites is 5. The minimum atomic E-state index is -1.89. The first-order valence-electron chi connectivity index (χ1n) is 15.4. The third kappa shape index (κ3) is 3.78. The average molecular weight is 595 g/mol. The summed E-state index contributed by atoms with van der Waals surface area (Å²) in [6.45, 7) is 0. The first-order valence-corrected chi connectivity index (χ1v) is 17.0. The van der Waals surface area contributed by atoms with Crippen LogP contribution in [-0.2, 0) is 0 Å². The van der Waals surface area contributed by atoms with E-state index in [4.69, 9.17) is 0 Å². The predicted octanol–water partition coefficient (Wildman–Crippen LogP) is 11.9. The summed E-state index contributed by atoms with van der Waals surface area (Å²) in [5.74, 6) is 0. The summed E-state index contributed by atoms with van der Waals surface area (Å²) in [5, 5.41) is 2.55. The molecule has 0 bridgehead atoms. The van der Waals surface area contributed by atoms with E-state index in [-0.39, 0.29) is 0 Å². The lowest BCUT2D eigenvalue weighted by Crippen LogP contribution is -2.21. The van der Waals surface area contributed by atoms with Gasteiger partial charge in [-0.3, -0.25) is 0 Å². The van der Waals surface area contributed by atoms with Gasteiger partial charge >= 0.3 is 0 Å². The molecule has 0 unspecified atom stereocenters. The molecule has 0 saturated carbocycles. The van der Waals surface area contributed by atoms with E-state index in [0.29, 0.717) is 0 Å². The van der Waals surface area contributed by atoms with Crippen molar-refractivity contribution in [3.63, 3.8) is 0 Å². The van der Waals surface area contributed by atoms with E-state index in [0.717, 1.165) is 5.69 Å². The number of hydrogen-bond acceptors (Lipinski definition) is 1. The molecule has 0 spiro atoms. The molecule has 0 atom stereocenters. The van der Waals surface area contributed by atoms with Gasteiger partial charge in [-0.25, -0.2) is 0 Å². The Balaban J connectivity index is 1.39. The van der Waals surface area contributed by atoms with Crippen LogP contribution >= 0.6 is 10.0 Å². The molecule has 0 amide bonds. The molecule has 1 aliphatic rings. The molecule has 0 N–H and O–H groups in total. The Morgan fingerprint density at radius 2 is 0.822 bits per heavy atom. The molecule has 2 nitrogen and oxygen atoms in total. The Labute approximate surface area is 264 Å². The van der Waals surface area contributed by atoms with Crippen molar-refractivity contribution in [2.75, 3.05) is 4.90 Å². The molecule has 8 aromatic rings. The maximum Gasteiger partial charge on any atom is 0.0592 e. The zero-order chi connectivity index (χ0) is 29.8. The Morgan fingerprint density at radius 3 is 1.44 bits per heavy atom. The van der Waals surface area contributed by atoms with E-state index in [9.17, 15) is 0 Å². The van der Waals surface area contributed by atoms with Gasteiger partial charge in [0.05, 0.1) is 22.4 Å². The van der Waals surface area contributed by atoms with E-state index >= 15 is 0 Å². The van der Waals surface area contributed by atoms with Crippen LogP contribution in [0.5, 0.6) is 0 Å². The van der Waals surface area contributed by atoms with Gasteiger partial charge in [0.2, 0.25) is 0 Å². The summed E-state index contributed by atoms with van der Waals surface area (Å²) in [7, 11) is -1.89. The smallest absolute Gasteiger partial charge is 0.0592 e. The largest absolute Gasteiger partial charge is 0.309 e. The molecule has 0 aliphatic carbocycles. The van der Waals surface area contributed by atoms with Crippen molar-refractivity contribution in [1.29, 1.82) is 0 Å². The maximum atomic E-state index is 2.45. The van der Waals surface area contributed by atoms with Crippen molar-refractivity contribution in [3.8, 4) is 5.69 Å². The first kappa shape index (κ1) is 25.9. The molecule has 3 heteroatoms. The number of rotatable bonds is 4. The van der Waals surface area contributed by atoms with Crippen LogP contribution in [0, 0.1) is 0 Å². The van der Waals surface area contributed by atoms with Gasteiger partial charge in [0.25, 0.3) is 0 Å². The van der Waals surface area contributed by atoms with E-state index in [2.05, 4.69) is 191 Å². The fourth-order valence-electron chi connectivity index (χ4n) is 7.19. The van der Waals surface area contributed by atoms with Gasteiger partial charge in [0, 0.05) is 41.7 Å². The lowest BCUT2D eigenvalue weighted by molar-refractivity contribution is 1.11. The molecule has 9 rings (SSSR count). The summed E-state index contributed by atoms with van der Waals surface area (Å²) >= 11 is 0. The van der Waals surface area contributed by atoms with Crippen LogP contribution in [0.2, 0.25) is 0 Å². The highest BCUT2D eigenvalue weighted by atomic mass is 32.3. The van der Waals surface area contributed by atoms with Crippen molar-refractivity contribution in [1.82, 2.24) is 4.57 Å². The summed E-state index contributed by atoms with van der Waals surface area (Å²) in [4.78, 5) is 7.78. The van der Waals surface area contributed by atoms with E-state index < -0.39 is 10.0 Å². The van der Waals surface area contributed by atoms with Crippen molar-refractivity contribution in [3.05, 3.63) is 182 Å². The van der Waals surface area contributed by atoms with Crippen molar-refractivity contribution in [2.24, 2.45) is 0 Å². The van der Waals surface area contributed by atoms with Gasteiger partial charge in [-0.05, 0) is 78.9 Å². The normalized spacial score (nSPS) is 14.2. The predicted molar refractivity (Wildman–Crippen MR) is 189 cm³/mol. The molecular formula is C42H30N2S. The van der Waals surface area contributed by atoms with Crippen LogP contribution in [-0.4, -0.2) is 4.57 Å². The Morgan fingerprint density at radius 1 is 0.356 bits per heavy atom. The molecule has 45 heavy (non-hydrogen) atoms. The highest BCUT2D eigenvalue weighted by Gasteiger charge is 2.42. The van der Waals surface area contributed by atoms with Gasteiger partial charge < -0.3 is 9.47 Å². The van der Waals surface area contributed by atoms with Crippen molar-refractivity contribution >= 4 is 48.9 Å². The topological polar surface area (TPSA) is 8.17 Å². The Hall–Kier alpha value is -5.51. The number of nitrogens with zero attached hydrogens (tertiary/aromatic N) is 2. The number of hydrogen-bond donors (Lipinski definition) is 0. The van der Waals surface area contributed by atoms with Crippen LogP contribution in [0.4, 0.5) is 17.1 Å². The Bertz CT molecular complexity index is 2240. The first-order chi connectivity index (χ1) is 22.4. The average Bonchev–Trinajstić information content (AvgIpc) is 3.46. The summed E-state index contributed by atoms with van der Waals surface area (Å²) in [5.41, 5.74) is 7.23. The minimum Gasteiger partial charge on any atom is -0.309 e. The fourth-order valence-corrected chi connectivity index (χ4v) is 11.4. The van der Waals surface area contributed by atoms with Crippen LogP contribution in [0.25, 0.3) is 27.5 Å². The number of benzene rings is 7. The molecule has 214 valence electrons. The zero-order valence-electron chi connectivity index (χ0n) is 24.6. The summed E-state index contributed by atoms with van der Waals surface area (Å²) in [6, 6.07) is 66.8. The third-order valence-electron chi connectivity index (χ3n) is 8.99. The molecule has 0 saturated heterocycles. The minimum absolute atomic E-state index is 1.16. The summed E-state index contributed by atoms with van der Waals surface area (Å²) < 4.78 is 2.43. The number of anilines is 3. The highest BCUT2D eigenvalue weighted by molar-refractivity contribution is 8.34. The van der Waals surface area contributed by atoms with Gasteiger partial charge in [-0.1, -0.05) is 103 Å². The van der Waals surface area contributed by atoms with Gasteiger partial charge in [-0.2, -0.15) is 0 Å². The SMILES string of the molecule is c1ccc(N2c3ccccc3S(c3ccccc3)(c3cccc(-n4c5ccccc5c5ccccc54)c3)c3ccccc32)cc1. The number of fused-ring (bicyclic) bond motifs is 5. The van der Waals surface area contributed by atoms with Crippen molar-refractivity contribution < 1.29 is 0 Å². The standard InChI is InChI=1S/C42H30N2S/c1-3-16-31(17-4-1)43-39-26-11-13-28-41(39)45(33-19-5-2-6-20-33,42-29-14-12-27-40(42)43)34-21-15-18-32(30-34)44-37-24-9-7-22-35(37)36-23-8-10-25-38(36)44/h1-30H.